The van der Waals surface area contributed by atoms with Crippen LogP contribution in [0.4, 0.5) is 0 Å². The van der Waals surface area contributed by atoms with Crippen LogP contribution in [-0.2, 0) is 0 Å². The van der Waals surface area contributed by atoms with Crippen molar-refractivity contribution in [3.05, 3.63) is 42.5 Å². The van der Waals surface area contributed by atoms with Crippen molar-refractivity contribution >= 4 is 47.7 Å². The van der Waals surface area contributed by atoms with Crippen molar-refractivity contribution in [3.8, 4) is 5.75 Å². The molecule has 0 bridgehead atoms. The van der Waals surface area contributed by atoms with E-state index in [2.05, 4.69) is 0 Å². The summed E-state index contributed by atoms with van der Waals surface area (Å²) in [6, 6.07) is 13.0. The summed E-state index contributed by atoms with van der Waals surface area (Å²) in [6.07, 6.45) is 0. The summed E-state index contributed by atoms with van der Waals surface area (Å²) in [5, 5.41) is 19.3. The van der Waals surface area contributed by atoms with Crippen molar-refractivity contribution in [2.45, 2.75) is 0 Å². The zero-order chi connectivity index (χ0) is 9.97. The third-order valence-electron chi connectivity index (χ3n) is 1.98. The first-order valence-corrected chi connectivity index (χ1v) is 4.28. The van der Waals surface area contributed by atoms with Gasteiger partial charge in [0.1, 0.15) is 5.75 Å². The molecule has 3 nitrogen and oxygen atoms in total. The maximum absolute atomic E-state index is 8.70. The topological polar surface area (TPSA) is 49.7 Å². The number of hydrogen-bond donors (Lipinski definition) is 2. The molecule has 0 aliphatic heterocycles. The fourth-order valence-electron chi connectivity index (χ4n) is 1.41. The molecule has 0 unspecified atom stereocenters. The third-order valence-corrected chi connectivity index (χ3v) is 1.98. The molecule has 0 atom stereocenters. The van der Waals surface area contributed by atoms with Crippen LogP contribution in [-0.4, -0.2) is 46.9 Å². The van der Waals surface area contributed by atoms with Crippen molar-refractivity contribution < 1.29 is 14.7 Å². The van der Waals surface area contributed by atoms with E-state index in [1.807, 2.05) is 30.3 Å². The van der Waals surface area contributed by atoms with E-state index in [4.69, 9.17) is 14.7 Å². The molecule has 0 heterocycles. The Labute approximate surface area is 110 Å². The molecular weight excluding hydrogens is 202 g/mol. The van der Waals surface area contributed by atoms with Gasteiger partial charge in [-0.1, -0.05) is 36.4 Å². The SMILES string of the molecule is OB(O)Oc1cccc2ccccc12.[NaH]. The van der Waals surface area contributed by atoms with Gasteiger partial charge in [0.05, 0.1) is 0 Å². The van der Waals surface area contributed by atoms with Gasteiger partial charge < -0.3 is 14.7 Å². The van der Waals surface area contributed by atoms with Gasteiger partial charge in [0.25, 0.3) is 0 Å². The number of rotatable bonds is 2. The first kappa shape index (κ1) is 12.6. The predicted octanol–water partition coefficient (Wildman–Crippen LogP) is 0.540. The first-order chi connectivity index (χ1) is 6.77. The van der Waals surface area contributed by atoms with Crippen LogP contribution in [0.1, 0.15) is 0 Å². The third kappa shape index (κ3) is 2.97. The molecule has 0 saturated carbocycles. The summed E-state index contributed by atoms with van der Waals surface area (Å²) in [5.41, 5.74) is 0. The number of fused-ring (bicyclic) bond motifs is 1. The molecule has 72 valence electrons. The Kier molecular flexibility index (Phi) is 4.63. The molecule has 0 aliphatic carbocycles. The van der Waals surface area contributed by atoms with Crippen LogP contribution < -0.4 is 4.65 Å². The van der Waals surface area contributed by atoms with Crippen LogP contribution in [0.2, 0.25) is 0 Å². The zero-order valence-corrected chi connectivity index (χ0v) is 7.42. The van der Waals surface area contributed by atoms with Gasteiger partial charge in [0.2, 0.25) is 0 Å². The van der Waals surface area contributed by atoms with E-state index in [1.165, 1.54) is 0 Å². The molecule has 0 amide bonds. The van der Waals surface area contributed by atoms with E-state index in [1.54, 1.807) is 12.1 Å². The van der Waals surface area contributed by atoms with Crippen LogP contribution in [0.25, 0.3) is 10.8 Å². The zero-order valence-electron chi connectivity index (χ0n) is 7.42. The van der Waals surface area contributed by atoms with E-state index in [0.717, 1.165) is 10.8 Å². The van der Waals surface area contributed by atoms with Crippen molar-refractivity contribution in [1.29, 1.82) is 0 Å². The van der Waals surface area contributed by atoms with Gasteiger partial charge in [-0.3, -0.25) is 0 Å². The standard InChI is InChI=1S/C10H9BO3.Na.H/c12-11(13)14-10-7-3-5-8-4-1-2-6-9(8)10;;/h1-7,12-13H;;. The molecule has 0 spiro atoms. The second-order valence-corrected chi connectivity index (χ2v) is 2.92. The molecule has 5 heteroatoms. The minimum absolute atomic E-state index is 0. The molecular formula is C10H10BNaO3. The fourth-order valence-corrected chi connectivity index (χ4v) is 1.41. The van der Waals surface area contributed by atoms with E-state index in [-0.39, 0.29) is 29.6 Å². The Morgan fingerprint density at radius 3 is 2.33 bits per heavy atom. The van der Waals surface area contributed by atoms with E-state index in [0.29, 0.717) is 5.75 Å². The molecule has 2 N–H and O–H groups in total. The van der Waals surface area contributed by atoms with Crippen LogP contribution in [0, 0.1) is 0 Å². The van der Waals surface area contributed by atoms with Crippen LogP contribution in [0.15, 0.2) is 42.5 Å². The predicted molar refractivity (Wildman–Crippen MR) is 61.9 cm³/mol. The molecule has 2 aromatic rings. The van der Waals surface area contributed by atoms with Crippen molar-refractivity contribution in [1.82, 2.24) is 0 Å². The number of benzene rings is 2. The average Bonchev–Trinajstić information content (AvgIpc) is 2.18. The summed E-state index contributed by atoms with van der Waals surface area (Å²) in [7, 11) is -1.78. The van der Waals surface area contributed by atoms with Crippen molar-refractivity contribution in [2.75, 3.05) is 0 Å². The Morgan fingerprint density at radius 2 is 1.60 bits per heavy atom. The average molecular weight is 212 g/mol. The molecule has 2 aromatic carbocycles. The molecule has 15 heavy (non-hydrogen) atoms. The second-order valence-electron chi connectivity index (χ2n) is 2.92. The summed E-state index contributed by atoms with van der Waals surface area (Å²) in [6.45, 7) is 0. The molecule has 2 rings (SSSR count). The quantitative estimate of drug-likeness (QED) is 0.714. The van der Waals surface area contributed by atoms with Gasteiger partial charge in [0.15, 0.2) is 0 Å². The molecule has 0 aromatic heterocycles. The van der Waals surface area contributed by atoms with Gasteiger partial charge in [-0.15, -0.1) is 0 Å². The molecule has 0 aliphatic rings. The molecule has 0 saturated heterocycles. The Morgan fingerprint density at radius 1 is 0.933 bits per heavy atom. The van der Waals surface area contributed by atoms with Crippen LogP contribution >= 0.6 is 0 Å². The van der Waals surface area contributed by atoms with Gasteiger partial charge in [0, 0.05) is 5.39 Å². The Balaban J connectivity index is 0.00000112. The Bertz CT molecular complexity index is 442. The summed E-state index contributed by atoms with van der Waals surface area (Å²) >= 11 is 0. The minimum atomic E-state index is -1.78. The van der Waals surface area contributed by atoms with E-state index in [9.17, 15) is 0 Å². The van der Waals surface area contributed by atoms with E-state index >= 15 is 0 Å². The first-order valence-electron chi connectivity index (χ1n) is 4.28. The van der Waals surface area contributed by atoms with E-state index < -0.39 is 7.32 Å². The van der Waals surface area contributed by atoms with Crippen LogP contribution in [0.3, 0.4) is 0 Å². The summed E-state index contributed by atoms with van der Waals surface area (Å²) < 4.78 is 4.84. The molecule has 0 radical (unpaired) electrons. The monoisotopic (exact) mass is 212 g/mol. The van der Waals surface area contributed by atoms with Gasteiger partial charge in [-0.25, -0.2) is 0 Å². The van der Waals surface area contributed by atoms with Crippen molar-refractivity contribution in [3.63, 3.8) is 0 Å². The summed E-state index contributed by atoms with van der Waals surface area (Å²) in [5.74, 6) is 0.470. The Hall–Kier alpha value is -0.515. The molecule has 0 fully saturated rings. The van der Waals surface area contributed by atoms with Gasteiger partial charge >= 0.3 is 36.9 Å². The van der Waals surface area contributed by atoms with Gasteiger partial charge in [-0.05, 0) is 11.5 Å². The fraction of sp³-hybridized carbons (Fsp3) is 0. The van der Waals surface area contributed by atoms with Gasteiger partial charge in [-0.2, -0.15) is 0 Å². The summed E-state index contributed by atoms with van der Waals surface area (Å²) in [4.78, 5) is 0. The van der Waals surface area contributed by atoms with Crippen molar-refractivity contribution in [2.24, 2.45) is 0 Å². The number of hydrogen-bond acceptors (Lipinski definition) is 3. The second kappa shape index (κ2) is 5.54. The normalized spacial score (nSPS) is 9.47. The maximum atomic E-state index is 8.70. The van der Waals surface area contributed by atoms with Crippen LogP contribution in [0.5, 0.6) is 5.75 Å².